The van der Waals surface area contributed by atoms with Crippen LogP contribution < -0.4 is 0 Å². The van der Waals surface area contributed by atoms with Crippen molar-refractivity contribution in [3.05, 3.63) is 35.1 Å². The summed E-state index contributed by atoms with van der Waals surface area (Å²) < 4.78 is 1.87. The number of carbonyl (C=O) groups excluding carboxylic acids is 2. The molecule has 5 rings (SSSR count). The van der Waals surface area contributed by atoms with Crippen molar-refractivity contribution in [2.24, 2.45) is 5.92 Å². The van der Waals surface area contributed by atoms with Gasteiger partial charge in [-0.05, 0) is 26.7 Å². The zero-order valence-electron chi connectivity index (χ0n) is 14.5. The maximum Gasteiger partial charge on any atom is 0.274 e. The van der Waals surface area contributed by atoms with Crippen LogP contribution in [0.5, 0.6) is 0 Å². The van der Waals surface area contributed by atoms with Crippen LogP contribution in [-0.2, 0) is 4.79 Å². The van der Waals surface area contributed by atoms with Gasteiger partial charge in [-0.1, -0.05) is 11.6 Å². The van der Waals surface area contributed by atoms with Crippen LogP contribution in [0, 0.1) is 5.92 Å². The average molecular weight is 358 g/mol. The van der Waals surface area contributed by atoms with Gasteiger partial charge in [0, 0.05) is 43.4 Å². The summed E-state index contributed by atoms with van der Waals surface area (Å²) in [5, 5.41) is 1.95. The SMILES string of the molecule is CC(C)=CCN1C(=O)[C@H]2CC[C@@H]1CN(C(=O)c1cn3ccsc3n1)C2. The van der Waals surface area contributed by atoms with Crippen molar-refractivity contribution in [2.75, 3.05) is 19.6 Å². The maximum atomic E-state index is 12.9. The smallest absolute Gasteiger partial charge is 0.274 e. The van der Waals surface area contributed by atoms with Crippen molar-refractivity contribution in [1.29, 1.82) is 0 Å². The third-order valence-electron chi connectivity index (χ3n) is 5.09. The van der Waals surface area contributed by atoms with Gasteiger partial charge in [0.05, 0.1) is 5.92 Å². The van der Waals surface area contributed by atoms with Gasteiger partial charge >= 0.3 is 0 Å². The molecule has 25 heavy (non-hydrogen) atoms. The standard InChI is InChI=1S/C18H22N4O2S/c1-12(2)5-6-22-14-4-3-13(16(22)23)9-21(10-14)17(24)15-11-20-7-8-25-18(20)19-15/h5,7-8,11,13-14H,3-4,6,9-10H2,1-2H3/t13-,14+/m0/s1. The first-order chi connectivity index (χ1) is 12.0. The van der Waals surface area contributed by atoms with Crippen molar-refractivity contribution in [1.82, 2.24) is 19.2 Å². The number of rotatable bonds is 3. The molecule has 3 aliphatic rings. The fourth-order valence-electron chi connectivity index (χ4n) is 3.72. The minimum atomic E-state index is -0.0861. The van der Waals surface area contributed by atoms with E-state index in [1.807, 2.05) is 39.6 Å². The molecule has 0 saturated carbocycles. The van der Waals surface area contributed by atoms with E-state index >= 15 is 0 Å². The Morgan fingerprint density at radius 3 is 2.96 bits per heavy atom. The minimum Gasteiger partial charge on any atom is -0.334 e. The van der Waals surface area contributed by atoms with Crippen LogP contribution in [0.25, 0.3) is 4.96 Å². The fourth-order valence-corrected chi connectivity index (χ4v) is 4.42. The number of hydrogen-bond acceptors (Lipinski definition) is 4. The summed E-state index contributed by atoms with van der Waals surface area (Å²) in [5.74, 6) is 0.0385. The molecule has 2 atom stereocenters. The molecule has 0 radical (unpaired) electrons. The van der Waals surface area contributed by atoms with E-state index in [0.29, 0.717) is 25.3 Å². The van der Waals surface area contributed by atoms with E-state index in [0.717, 1.165) is 17.8 Å². The number of carbonyl (C=O) groups is 2. The first-order valence-electron chi connectivity index (χ1n) is 8.68. The molecule has 0 spiro atoms. The number of allylic oxidation sites excluding steroid dienone is 1. The van der Waals surface area contributed by atoms with E-state index in [4.69, 9.17) is 0 Å². The van der Waals surface area contributed by atoms with Crippen LogP contribution >= 0.6 is 11.3 Å². The van der Waals surface area contributed by atoms with Crippen LogP contribution in [-0.4, -0.2) is 56.7 Å². The lowest BCUT2D eigenvalue weighted by Crippen LogP contribution is -2.48. The largest absolute Gasteiger partial charge is 0.334 e. The molecule has 5 heterocycles. The van der Waals surface area contributed by atoms with Crippen molar-refractivity contribution in [3.63, 3.8) is 0 Å². The molecule has 0 N–H and O–H groups in total. The van der Waals surface area contributed by atoms with Crippen molar-refractivity contribution < 1.29 is 9.59 Å². The summed E-state index contributed by atoms with van der Waals surface area (Å²) in [6.07, 6.45) is 7.62. The summed E-state index contributed by atoms with van der Waals surface area (Å²) in [4.78, 5) is 34.7. The van der Waals surface area contributed by atoms with E-state index in [2.05, 4.69) is 11.1 Å². The number of thiazole rings is 1. The third-order valence-corrected chi connectivity index (χ3v) is 5.86. The second-order valence-corrected chi connectivity index (χ2v) is 8.00. The zero-order valence-corrected chi connectivity index (χ0v) is 15.3. The summed E-state index contributed by atoms with van der Waals surface area (Å²) in [7, 11) is 0. The molecular weight excluding hydrogens is 336 g/mol. The van der Waals surface area contributed by atoms with E-state index in [1.165, 1.54) is 16.9 Å². The molecule has 2 amide bonds. The number of fused-ring (bicyclic) bond motifs is 5. The summed E-state index contributed by atoms with van der Waals surface area (Å²) in [6, 6.07) is 0.106. The Morgan fingerprint density at radius 1 is 1.36 bits per heavy atom. The highest BCUT2D eigenvalue weighted by atomic mass is 32.1. The van der Waals surface area contributed by atoms with Gasteiger partial charge < -0.3 is 9.80 Å². The molecule has 132 valence electrons. The summed E-state index contributed by atoms with van der Waals surface area (Å²) in [6.45, 7) is 5.83. The van der Waals surface area contributed by atoms with E-state index < -0.39 is 0 Å². The van der Waals surface area contributed by atoms with Gasteiger partial charge in [0.25, 0.3) is 5.91 Å². The first kappa shape index (κ1) is 16.3. The van der Waals surface area contributed by atoms with Gasteiger partial charge in [-0.2, -0.15) is 0 Å². The molecule has 3 saturated heterocycles. The van der Waals surface area contributed by atoms with Crippen molar-refractivity contribution >= 4 is 28.1 Å². The second-order valence-electron chi connectivity index (χ2n) is 7.13. The predicted molar refractivity (Wildman–Crippen MR) is 96.6 cm³/mol. The third kappa shape index (κ3) is 2.97. The normalized spacial score (nSPS) is 23.2. The number of amides is 2. The van der Waals surface area contributed by atoms with Crippen LogP contribution in [0.1, 0.15) is 37.2 Å². The van der Waals surface area contributed by atoms with Crippen LogP contribution in [0.3, 0.4) is 0 Å². The van der Waals surface area contributed by atoms with E-state index in [-0.39, 0.29) is 23.8 Å². The first-order valence-corrected chi connectivity index (χ1v) is 9.56. The lowest BCUT2D eigenvalue weighted by Gasteiger charge is -2.35. The molecule has 0 unspecified atom stereocenters. The van der Waals surface area contributed by atoms with Crippen molar-refractivity contribution in [2.45, 2.75) is 32.7 Å². The second kappa shape index (κ2) is 6.29. The monoisotopic (exact) mass is 358 g/mol. The Hall–Kier alpha value is -2.15. The molecule has 3 aliphatic heterocycles. The zero-order chi connectivity index (χ0) is 17.6. The molecule has 6 nitrogen and oxygen atoms in total. The Kier molecular flexibility index (Phi) is 4.11. The molecule has 0 aromatic carbocycles. The molecule has 3 fully saturated rings. The topological polar surface area (TPSA) is 57.9 Å². The highest BCUT2D eigenvalue weighted by Crippen LogP contribution is 2.30. The van der Waals surface area contributed by atoms with Gasteiger partial charge in [0.15, 0.2) is 4.96 Å². The lowest BCUT2D eigenvalue weighted by atomic mass is 9.94. The molecule has 2 aromatic heterocycles. The van der Waals surface area contributed by atoms with Gasteiger partial charge in [0.1, 0.15) is 5.69 Å². The Balaban J connectivity index is 1.56. The fraction of sp³-hybridized carbons (Fsp3) is 0.500. The minimum absolute atomic E-state index is 0.0651. The van der Waals surface area contributed by atoms with Crippen LogP contribution in [0.4, 0.5) is 0 Å². The predicted octanol–water partition coefficient (Wildman–Crippen LogP) is 2.43. The number of piperidine rings is 1. The molecule has 2 bridgehead atoms. The van der Waals surface area contributed by atoms with E-state index in [9.17, 15) is 9.59 Å². The molecule has 0 aliphatic carbocycles. The summed E-state index contributed by atoms with van der Waals surface area (Å²) >= 11 is 1.51. The lowest BCUT2D eigenvalue weighted by molar-refractivity contribution is -0.139. The quantitative estimate of drug-likeness (QED) is 0.792. The molecular formula is C18H22N4O2S. The molecule has 7 heteroatoms. The number of nitrogens with zero attached hydrogens (tertiary/aromatic N) is 4. The van der Waals surface area contributed by atoms with Gasteiger partial charge in [-0.25, -0.2) is 4.98 Å². The van der Waals surface area contributed by atoms with Crippen LogP contribution in [0.15, 0.2) is 29.4 Å². The van der Waals surface area contributed by atoms with Gasteiger partial charge in [-0.15, -0.1) is 11.3 Å². The molecule has 2 aromatic rings. The van der Waals surface area contributed by atoms with Crippen LogP contribution in [0.2, 0.25) is 0 Å². The summed E-state index contributed by atoms with van der Waals surface area (Å²) in [5.41, 5.74) is 1.68. The Labute approximate surface area is 150 Å². The van der Waals surface area contributed by atoms with E-state index in [1.54, 1.807) is 6.20 Å². The van der Waals surface area contributed by atoms with Gasteiger partial charge in [-0.3, -0.25) is 14.0 Å². The number of hydrogen-bond donors (Lipinski definition) is 0. The highest BCUT2D eigenvalue weighted by molar-refractivity contribution is 7.15. The number of imidazole rings is 1. The average Bonchev–Trinajstić information content (AvgIpc) is 3.06. The van der Waals surface area contributed by atoms with Gasteiger partial charge in [0.2, 0.25) is 5.91 Å². The Morgan fingerprint density at radius 2 is 2.20 bits per heavy atom. The Bertz CT molecular complexity index is 820. The van der Waals surface area contributed by atoms with Crippen molar-refractivity contribution in [3.8, 4) is 0 Å². The maximum absolute atomic E-state index is 12.9. The highest BCUT2D eigenvalue weighted by Gasteiger charge is 2.41. The number of aromatic nitrogens is 2.